The highest BCUT2D eigenvalue weighted by Crippen LogP contribution is 2.27. The van der Waals surface area contributed by atoms with Gasteiger partial charge in [-0.1, -0.05) is 12.1 Å². The fraction of sp³-hybridized carbons (Fsp3) is 0.167. The van der Waals surface area contributed by atoms with Crippen LogP contribution >= 0.6 is 0 Å². The molecule has 0 N–H and O–H groups in total. The molecule has 1 aliphatic heterocycles. The lowest BCUT2D eigenvalue weighted by Crippen LogP contribution is -2.23. The first kappa shape index (κ1) is 20.3. The van der Waals surface area contributed by atoms with E-state index in [0.29, 0.717) is 29.7 Å². The van der Waals surface area contributed by atoms with Crippen molar-refractivity contribution in [3.05, 3.63) is 88.3 Å². The average molecular weight is 449 g/mol. The van der Waals surface area contributed by atoms with Crippen molar-refractivity contribution in [3.63, 3.8) is 0 Å². The van der Waals surface area contributed by atoms with Crippen LogP contribution in [-0.2, 0) is 22.8 Å². The van der Waals surface area contributed by atoms with Crippen LogP contribution in [0.3, 0.4) is 0 Å². The van der Waals surface area contributed by atoms with E-state index in [0.717, 1.165) is 23.3 Å². The van der Waals surface area contributed by atoms with Crippen molar-refractivity contribution in [2.75, 3.05) is 13.7 Å². The van der Waals surface area contributed by atoms with Gasteiger partial charge in [-0.05, 0) is 59.7 Å². The van der Waals surface area contributed by atoms with Crippen LogP contribution in [0.2, 0.25) is 0 Å². The first-order valence-electron chi connectivity index (χ1n) is 10.1. The summed E-state index contributed by atoms with van der Waals surface area (Å²) < 4.78 is 38.0. The Bertz CT molecular complexity index is 1490. The van der Waals surface area contributed by atoms with Crippen molar-refractivity contribution in [2.45, 2.75) is 22.8 Å². The van der Waals surface area contributed by atoms with Gasteiger partial charge in [0.2, 0.25) is 9.84 Å². The van der Waals surface area contributed by atoms with Crippen molar-refractivity contribution in [3.8, 4) is 11.5 Å². The Hall–Kier alpha value is -3.65. The van der Waals surface area contributed by atoms with Crippen LogP contribution in [0.25, 0.3) is 10.8 Å². The molecule has 7 nitrogen and oxygen atoms in total. The van der Waals surface area contributed by atoms with Crippen molar-refractivity contribution < 1.29 is 17.9 Å². The van der Waals surface area contributed by atoms with E-state index in [1.54, 1.807) is 18.2 Å². The van der Waals surface area contributed by atoms with Gasteiger partial charge in [-0.3, -0.25) is 4.79 Å². The summed E-state index contributed by atoms with van der Waals surface area (Å²) >= 11 is 0. The zero-order valence-corrected chi connectivity index (χ0v) is 18.1. The number of ether oxygens (including phenoxy) is 2. The number of sulfone groups is 1. The molecule has 32 heavy (non-hydrogen) atoms. The molecule has 0 saturated heterocycles. The van der Waals surface area contributed by atoms with Crippen LogP contribution in [0.5, 0.6) is 11.5 Å². The van der Waals surface area contributed by atoms with Gasteiger partial charge in [-0.15, -0.1) is 0 Å². The molecule has 0 unspecified atom stereocenters. The van der Waals surface area contributed by atoms with Gasteiger partial charge < -0.3 is 9.47 Å². The molecular formula is C24H20N2O5S. The van der Waals surface area contributed by atoms with E-state index < -0.39 is 9.84 Å². The van der Waals surface area contributed by atoms with Gasteiger partial charge in [-0.2, -0.15) is 5.10 Å². The standard InChI is InChI=1S/C24H20N2O5S/c1-30-19-3-5-20(6-4-19)32(28,29)21-7-8-22-18(13-21)14-25-26(24(22)27)15-16-2-9-23-17(12-16)10-11-31-23/h2-9,12-14H,10-11,15H2,1H3. The van der Waals surface area contributed by atoms with Gasteiger partial charge in [0.05, 0.1) is 41.6 Å². The fourth-order valence-electron chi connectivity index (χ4n) is 3.85. The maximum absolute atomic E-state index is 13.0. The smallest absolute Gasteiger partial charge is 0.274 e. The third-order valence-electron chi connectivity index (χ3n) is 5.59. The molecule has 1 aromatic heterocycles. The molecule has 2 heterocycles. The van der Waals surface area contributed by atoms with E-state index >= 15 is 0 Å². The molecule has 1 aliphatic rings. The Morgan fingerprint density at radius 3 is 2.59 bits per heavy atom. The number of nitrogens with zero attached hydrogens (tertiary/aromatic N) is 2. The Balaban J connectivity index is 1.48. The first-order chi connectivity index (χ1) is 15.5. The molecule has 0 radical (unpaired) electrons. The number of aromatic nitrogens is 2. The van der Waals surface area contributed by atoms with Crippen LogP contribution in [0, 0.1) is 0 Å². The lowest BCUT2D eigenvalue weighted by Gasteiger charge is -2.09. The van der Waals surface area contributed by atoms with Crippen molar-refractivity contribution in [1.29, 1.82) is 0 Å². The topological polar surface area (TPSA) is 87.5 Å². The lowest BCUT2D eigenvalue weighted by atomic mass is 10.1. The summed E-state index contributed by atoms with van der Waals surface area (Å²) in [7, 11) is -2.22. The highest BCUT2D eigenvalue weighted by molar-refractivity contribution is 7.91. The largest absolute Gasteiger partial charge is 0.497 e. The Kier molecular flexibility index (Phi) is 4.94. The second-order valence-corrected chi connectivity index (χ2v) is 9.53. The third kappa shape index (κ3) is 3.52. The number of hydrogen-bond acceptors (Lipinski definition) is 6. The molecule has 0 atom stereocenters. The Morgan fingerprint density at radius 1 is 1.03 bits per heavy atom. The maximum Gasteiger partial charge on any atom is 0.274 e. The lowest BCUT2D eigenvalue weighted by molar-refractivity contribution is 0.357. The molecule has 0 spiro atoms. The summed E-state index contributed by atoms with van der Waals surface area (Å²) in [5.74, 6) is 1.46. The minimum absolute atomic E-state index is 0.104. The van der Waals surface area contributed by atoms with Crippen molar-refractivity contribution in [1.82, 2.24) is 9.78 Å². The van der Waals surface area contributed by atoms with Crippen molar-refractivity contribution >= 4 is 20.6 Å². The summed E-state index contributed by atoms with van der Waals surface area (Å²) in [6, 6.07) is 16.5. The summed E-state index contributed by atoms with van der Waals surface area (Å²) in [4.78, 5) is 13.2. The monoisotopic (exact) mass is 448 g/mol. The number of fused-ring (bicyclic) bond motifs is 2. The first-order valence-corrected chi connectivity index (χ1v) is 11.6. The minimum Gasteiger partial charge on any atom is -0.497 e. The molecule has 8 heteroatoms. The second kappa shape index (κ2) is 7.80. The predicted molar refractivity (Wildman–Crippen MR) is 119 cm³/mol. The molecule has 3 aromatic carbocycles. The highest BCUT2D eigenvalue weighted by Gasteiger charge is 2.19. The molecule has 0 saturated carbocycles. The van der Waals surface area contributed by atoms with Gasteiger partial charge >= 0.3 is 0 Å². The number of methoxy groups -OCH3 is 1. The summed E-state index contributed by atoms with van der Waals surface area (Å²) in [5.41, 5.74) is 1.82. The number of rotatable bonds is 5. The van der Waals surface area contributed by atoms with Gasteiger partial charge in [-0.25, -0.2) is 13.1 Å². The zero-order chi connectivity index (χ0) is 22.3. The predicted octanol–water partition coefficient (Wildman–Crippen LogP) is 3.22. The number of benzene rings is 3. The molecule has 5 rings (SSSR count). The fourth-order valence-corrected chi connectivity index (χ4v) is 5.14. The van der Waals surface area contributed by atoms with Crippen LogP contribution in [0.15, 0.2) is 81.4 Å². The van der Waals surface area contributed by atoms with Crippen LogP contribution in [0.1, 0.15) is 11.1 Å². The van der Waals surface area contributed by atoms with Gasteiger partial charge in [0.15, 0.2) is 0 Å². The van der Waals surface area contributed by atoms with E-state index in [-0.39, 0.29) is 15.4 Å². The molecule has 0 amide bonds. The number of hydrogen-bond donors (Lipinski definition) is 0. The van der Waals surface area contributed by atoms with E-state index in [9.17, 15) is 13.2 Å². The quantitative estimate of drug-likeness (QED) is 0.466. The van der Waals surface area contributed by atoms with Gasteiger partial charge in [0, 0.05) is 11.8 Å². The second-order valence-electron chi connectivity index (χ2n) is 7.58. The van der Waals surface area contributed by atoms with E-state index in [1.165, 1.54) is 42.3 Å². The van der Waals surface area contributed by atoms with Crippen LogP contribution in [-0.4, -0.2) is 31.9 Å². The Labute approximate surface area is 184 Å². The Morgan fingerprint density at radius 2 is 1.81 bits per heavy atom. The normalized spacial score (nSPS) is 13.0. The van der Waals surface area contributed by atoms with Gasteiger partial charge in [0.1, 0.15) is 11.5 Å². The molecule has 4 aromatic rings. The maximum atomic E-state index is 13.0. The average Bonchev–Trinajstić information content (AvgIpc) is 3.28. The summed E-state index contributed by atoms with van der Waals surface area (Å²) in [5, 5.41) is 5.17. The summed E-state index contributed by atoms with van der Waals surface area (Å²) in [6.45, 7) is 1.00. The van der Waals surface area contributed by atoms with Crippen molar-refractivity contribution in [2.24, 2.45) is 0 Å². The third-order valence-corrected chi connectivity index (χ3v) is 7.36. The van der Waals surface area contributed by atoms with Crippen LogP contribution in [0.4, 0.5) is 0 Å². The zero-order valence-electron chi connectivity index (χ0n) is 17.3. The van der Waals surface area contributed by atoms with E-state index in [4.69, 9.17) is 9.47 Å². The van der Waals surface area contributed by atoms with E-state index in [1.807, 2.05) is 18.2 Å². The minimum atomic E-state index is -3.74. The molecule has 0 fully saturated rings. The SMILES string of the molecule is COc1ccc(S(=O)(=O)c2ccc3c(=O)n(Cc4ccc5c(c4)CCO5)ncc3c2)cc1. The molecule has 0 aliphatic carbocycles. The van der Waals surface area contributed by atoms with E-state index in [2.05, 4.69) is 5.10 Å². The molecule has 162 valence electrons. The summed E-state index contributed by atoms with van der Waals surface area (Å²) in [6.07, 6.45) is 2.38. The molecule has 0 bridgehead atoms. The molecular weight excluding hydrogens is 428 g/mol. The van der Waals surface area contributed by atoms with Gasteiger partial charge in [0.25, 0.3) is 5.56 Å². The van der Waals surface area contributed by atoms with Crippen LogP contribution < -0.4 is 15.0 Å². The highest BCUT2D eigenvalue weighted by atomic mass is 32.2.